The fraction of sp³-hybridized carbons (Fsp3) is 0.500. The maximum atomic E-state index is 14.4. The van der Waals surface area contributed by atoms with Crippen LogP contribution in [0.4, 0.5) is 4.79 Å². The minimum atomic E-state index is -1.00. The lowest BCUT2D eigenvalue weighted by Gasteiger charge is -2.38. The lowest BCUT2D eigenvalue weighted by molar-refractivity contribution is -0.146. The maximum Gasteiger partial charge on any atom is 0.408 e. The summed E-state index contributed by atoms with van der Waals surface area (Å²) in [4.78, 5) is 54.4. The van der Waals surface area contributed by atoms with Gasteiger partial charge in [0.2, 0.25) is 11.8 Å². The van der Waals surface area contributed by atoms with E-state index in [0.29, 0.717) is 12.0 Å². The molecule has 3 amide bonds. The van der Waals surface area contributed by atoms with Gasteiger partial charge in [0, 0.05) is 19.0 Å². The molecule has 2 aromatic rings. The minimum absolute atomic E-state index is 0.00824. The highest BCUT2D eigenvalue weighted by Gasteiger charge is 2.38. The number of alkyl carbamates (subject to hydrolysis) is 1. The van der Waals surface area contributed by atoms with Gasteiger partial charge in [0.05, 0.1) is 13.0 Å². The third-order valence-electron chi connectivity index (χ3n) is 6.45. The molecule has 0 aliphatic heterocycles. The third-order valence-corrected chi connectivity index (χ3v) is 6.45. The normalized spacial score (nSPS) is 13.3. The molecular formula is C32H45N3O6. The van der Waals surface area contributed by atoms with Crippen LogP contribution >= 0.6 is 0 Å². The van der Waals surface area contributed by atoms with E-state index >= 15 is 0 Å². The van der Waals surface area contributed by atoms with Gasteiger partial charge in [0.15, 0.2) is 0 Å². The second-order valence-electron chi connectivity index (χ2n) is 11.1. The van der Waals surface area contributed by atoms with Gasteiger partial charge in [0.25, 0.3) is 0 Å². The molecule has 9 nitrogen and oxygen atoms in total. The van der Waals surface area contributed by atoms with Crippen molar-refractivity contribution in [3.05, 3.63) is 71.3 Å². The van der Waals surface area contributed by atoms with E-state index in [1.807, 2.05) is 75.4 Å². The van der Waals surface area contributed by atoms with Crippen molar-refractivity contribution in [1.82, 2.24) is 15.5 Å². The maximum absolute atomic E-state index is 14.4. The molecular weight excluding hydrogens is 522 g/mol. The van der Waals surface area contributed by atoms with Crippen LogP contribution in [0.2, 0.25) is 0 Å². The Morgan fingerprint density at radius 3 is 2.15 bits per heavy atom. The number of hydrogen-bond donors (Lipinski definition) is 2. The molecule has 0 saturated heterocycles. The summed E-state index contributed by atoms with van der Waals surface area (Å²) in [6.07, 6.45) is 0.0570. The molecule has 0 radical (unpaired) electrons. The molecule has 224 valence electrons. The number of carbonyl (C=O) groups excluding carboxylic acids is 4. The summed E-state index contributed by atoms with van der Waals surface area (Å²) in [5, 5.41) is 5.58. The summed E-state index contributed by atoms with van der Waals surface area (Å²) in [5.41, 5.74) is 1.71. The van der Waals surface area contributed by atoms with E-state index in [2.05, 4.69) is 10.6 Å². The highest BCUT2D eigenvalue weighted by atomic mass is 16.6. The van der Waals surface area contributed by atoms with Gasteiger partial charge in [-0.25, -0.2) is 4.79 Å². The average Bonchev–Trinajstić information content (AvgIpc) is 2.91. The van der Waals surface area contributed by atoms with Gasteiger partial charge in [-0.15, -0.1) is 0 Å². The van der Waals surface area contributed by atoms with Crippen molar-refractivity contribution in [2.75, 3.05) is 13.2 Å². The predicted octanol–water partition coefficient (Wildman–Crippen LogP) is 4.87. The van der Waals surface area contributed by atoms with Crippen molar-refractivity contribution < 1.29 is 28.7 Å². The molecule has 3 unspecified atom stereocenters. The first-order valence-corrected chi connectivity index (χ1v) is 14.2. The summed E-state index contributed by atoms with van der Waals surface area (Å²) < 4.78 is 10.5. The number of nitrogens with zero attached hydrogens (tertiary/aromatic N) is 1. The smallest absolute Gasteiger partial charge is 0.408 e. The molecule has 0 bridgehead atoms. The number of esters is 1. The number of aryl methyl sites for hydroxylation is 1. The fourth-order valence-electron chi connectivity index (χ4n) is 4.28. The van der Waals surface area contributed by atoms with Crippen molar-refractivity contribution in [2.24, 2.45) is 0 Å². The van der Waals surface area contributed by atoms with E-state index in [1.165, 1.54) is 4.90 Å². The van der Waals surface area contributed by atoms with Crippen molar-refractivity contribution in [3.63, 3.8) is 0 Å². The number of ether oxygens (including phenoxy) is 2. The molecule has 41 heavy (non-hydrogen) atoms. The van der Waals surface area contributed by atoms with Crippen molar-refractivity contribution >= 4 is 23.9 Å². The van der Waals surface area contributed by atoms with Crippen LogP contribution in [0.5, 0.6) is 0 Å². The Balaban J connectivity index is 2.50. The topological polar surface area (TPSA) is 114 Å². The molecule has 2 aromatic carbocycles. The lowest BCUT2D eigenvalue weighted by Crippen LogP contribution is -2.56. The number of rotatable bonds is 13. The highest BCUT2D eigenvalue weighted by molar-refractivity contribution is 5.92. The van der Waals surface area contributed by atoms with Crippen LogP contribution < -0.4 is 10.6 Å². The SMILES string of the molecule is CCOC(=O)CCNC(=O)C(c1ccc(C)cc1)N(C(=O)C(Cc1ccccc1)NC(=O)OC(C)(C)C)C(C)CC. The van der Waals surface area contributed by atoms with Crippen LogP contribution in [0.3, 0.4) is 0 Å². The molecule has 0 aliphatic rings. The van der Waals surface area contributed by atoms with Crippen molar-refractivity contribution in [2.45, 2.75) is 91.5 Å². The first-order valence-electron chi connectivity index (χ1n) is 14.2. The van der Waals surface area contributed by atoms with E-state index in [0.717, 1.165) is 11.1 Å². The summed E-state index contributed by atoms with van der Waals surface area (Å²) in [5.74, 6) is -1.26. The van der Waals surface area contributed by atoms with Gasteiger partial charge in [-0.3, -0.25) is 14.4 Å². The second-order valence-corrected chi connectivity index (χ2v) is 11.1. The van der Waals surface area contributed by atoms with Crippen LogP contribution in [0.25, 0.3) is 0 Å². The van der Waals surface area contributed by atoms with Crippen LogP contribution in [0.15, 0.2) is 54.6 Å². The highest BCUT2D eigenvalue weighted by Crippen LogP contribution is 2.27. The first kappa shape index (κ1) is 33.3. The number of carbonyl (C=O) groups is 4. The number of hydrogen-bond acceptors (Lipinski definition) is 6. The predicted molar refractivity (Wildman–Crippen MR) is 158 cm³/mol. The quantitative estimate of drug-likeness (QED) is 0.334. The molecule has 0 saturated carbocycles. The van der Waals surface area contributed by atoms with E-state index < -0.39 is 41.6 Å². The molecule has 0 aromatic heterocycles. The van der Waals surface area contributed by atoms with Crippen molar-refractivity contribution in [3.8, 4) is 0 Å². The van der Waals surface area contributed by atoms with Gasteiger partial charge in [-0.2, -0.15) is 0 Å². The number of nitrogens with one attached hydrogen (secondary N) is 2. The average molecular weight is 568 g/mol. The van der Waals surface area contributed by atoms with Crippen LogP contribution in [-0.4, -0.2) is 59.6 Å². The molecule has 0 aliphatic carbocycles. The zero-order valence-corrected chi connectivity index (χ0v) is 25.4. The Kier molecular flexibility index (Phi) is 12.8. The summed E-state index contributed by atoms with van der Waals surface area (Å²) in [6, 6.07) is 14.4. The van der Waals surface area contributed by atoms with Crippen LogP contribution in [0, 0.1) is 6.92 Å². The van der Waals surface area contributed by atoms with Crippen LogP contribution in [-0.2, 0) is 30.3 Å². The standard InChI is InChI=1S/C32H45N3O6/c1-8-23(4)35(28(25-17-15-22(3)16-18-25)29(37)33-20-19-27(36)40-9-2)30(38)26(21-24-13-11-10-12-14-24)34-31(39)41-32(5,6)7/h10-18,23,26,28H,8-9,19-21H2,1-7H3,(H,33,37)(H,34,39). The Labute approximate surface area is 244 Å². The number of benzene rings is 2. The lowest BCUT2D eigenvalue weighted by atomic mass is 9.97. The molecule has 0 spiro atoms. The first-order chi connectivity index (χ1) is 19.4. The van der Waals surface area contributed by atoms with E-state index in [9.17, 15) is 19.2 Å². The Morgan fingerprint density at radius 1 is 0.951 bits per heavy atom. The van der Waals surface area contributed by atoms with E-state index in [-0.39, 0.29) is 32.0 Å². The van der Waals surface area contributed by atoms with Gasteiger partial charge in [0.1, 0.15) is 17.7 Å². The van der Waals surface area contributed by atoms with Crippen molar-refractivity contribution in [1.29, 1.82) is 0 Å². The molecule has 0 fully saturated rings. The van der Waals surface area contributed by atoms with Gasteiger partial charge in [-0.05, 0) is 59.1 Å². The zero-order chi connectivity index (χ0) is 30.6. The second kappa shape index (κ2) is 15.8. The minimum Gasteiger partial charge on any atom is -0.466 e. The summed E-state index contributed by atoms with van der Waals surface area (Å²) >= 11 is 0. The third kappa shape index (κ3) is 10.9. The largest absolute Gasteiger partial charge is 0.466 e. The molecule has 2 rings (SSSR count). The summed E-state index contributed by atoms with van der Waals surface area (Å²) in [6.45, 7) is 13.0. The van der Waals surface area contributed by atoms with Gasteiger partial charge in [-0.1, -0.05) is 67.1 Å². The monoisotopic (exact) mass is 567 g/mol. The molecule has 2 N–H and O–H groups in total. The van der Waals surface area contributed by atoms with E-state index in [4.69, 9.17) is 9.47 Å². The number of amides is 3. The van der Waals surface area contributed by atoms with Gasteiger partial charge < -0.3 is 25.0 Å². The molecule has 3 atom stereocenters. The van der Waals surface area contributed by atoms with E-state index in [1.54, 1.807) is 27.7 Å². The summed E-state index contributed by atoms with van der Waals surface area (Å²) in [7, 11) is 0. The molecule has 9 heteroatoms. The fourth-order valence-corrected chi connectivity index (χ4v) is 4.28. The van der Waals surface area contributed by atoms with Gasteiger partial charge >= 0.3 is 12.1 Å². The van der Waals surface area contributed by atoms with Crippen LogP contribution in [0.1, 0.15) is 77.1 Å². The Hall–Kier alpha value is -3.88. The Morgan fingerprint density at radius 2 is 1.59 bits per heavy atom. The zero-order valence-electron chi connectivity index (χ0n) is 25.4. The molecule has 0 heterocycles. The Bertz CT molecular complexity index is 1140.